The monoisotopic (exact) mass is 127 g/mol. The van der Waals surface area contributed by atoms with Crippen LogP contribution in [0.2, 0.25) is 0 Å². The molecule has 9 heavy (non-hydrogen) atoms. The van der Waals surface area contributed by atoms with E-state index in [4.69, 9.17) is 5.73 Å². The zero-order valence-electron chi connectivity index (χ0n) is 5.28. The summed E-state index contributed by atoms with van der Waals surface area (Å²) in [6, 6.07) is 0. The quantitative estimate of drug-likeness (QED) is 0.562. The first-order valence-electron chi connectivity index (χ1n) is 2.83. The summed E-state index contributed by atoms with van der Waals surface area (Å²) in [5.74, 6) is 0.594. The maximum Gasteiger partial charge on any atom is 0.188 e. The van der Waals surface area contributed by atoms with E-state index in [0.29, 0.717) is 12.4 Å². The maximum absolute atomic E-state index is 5.24. The van der Waals surface area contributed by atoms with Gasteiger partial charge < -0.3 is 5.73 Å². The van der Waals surface area contributed by atoms with Crippen molar-refractivity contribution in [2.45, 2.75) is 20.0 Å². The minimum Gasteiger partial charge on any atom is -0.324 e. The number of aromatic nitrogens is 4. The van der Waals surface area contributed by atoms with E-state index in [-0.39, 0.29) is 0 Å². The molecule has 0 atom stereocenters. The molecular formula is C4H9N5. The van der Waals surface area contributed by atoms with Crippen LogP contribution in [0.15, 0.2) is 0 Å². The van der Waals surface area contributed by atoms with Gasteiger partial charge in [0, 0.05) is 0 Å². The molecule has 0 aliphatic rings. The van der Waals surface area contributed by atoms with Crippen molar-refractivity contribution in [3.8, 4) is 0 Å². The van der Waals surface area contributed by atoms with Gasteiger partial charge in [0.2, 0.25) is 0 Å². The van der Waals surface area contributed by atoms with Gasteiger partial charge in [0.05, 0.1) is 13.1 Å². The number of tetrazole rings is 1. The number of hydrogen-bond donors (Lipinski definition) is 1. The first-order chi connectivity index (χ1) is 4.36. The van der Waals surface area contributed by atoms with Crippen molar-refractivity contribution in [2.24, 2.45) is 5.73 Å². The van der Waals surface area contributed by atoms with Gasteiger partial charge in [-0.15, -0.1) is 10.2 Å². The summed E-state index contributed by atoms with van der Waals surface area (Å²) >= 11 is 0. The van der Waals surface area contributed by atoms with E-state index in [1.807, 2.05) is 6.92 Å². The van der Waals surface area contributed by atoms with Crippen molar-refractivity contribution in [3.05, 3.63) is 5.82 Å². The predicted molar refractivity (Wildman–Crippen MR) is 31.4 cm³/mol. The lowest BCUT2D eigenvalue weighted by Gasteiger charge is -1.84. The van der Waals surface area contributed by atoms with Gasteiger partial charge in [-0.2, -0.15) is 4.80 Å². The molecule has 0 unspecified atom stereocenters. The van der Waals surface area contributed by atoms with Crippen LogP contribution in [0.25, 0.3) is 0 Å². The van der Waals surface area contributed by atoms with Crippen LogP contribution >= 0.6 is 0 Å². The van der Waals surface area contributed by atoms with E-state index in [2.05, 4.69) is 15.4 Å². The summed E-state index contributed by atoms with van der Waals surface area (Å²) in [4.78, 5) is 1.50. The molecule has 0 aromatic carbocycles. The fourth-order valence-electron chi connectivity index (χ4n) is 0.492. The molecule has 0 aliphatic carbocycles. The van der Waals surface area contributed by atoms with Crippen LogP contribution in [-0.4, -0.2) is 20.2 Å². The van der Waals surface area contributed by atoms with Crippen molar-refractivity contribution >= 4 is 0 Å². The lowest BCUT2D eigenvalue weighted by atomic mass is 10.6. The maximum atomic E-state index is 5.24. The zero-order chi connectivity index (χ0) is 6.69. The van der Waals surface area contributed by atoms with Gasteiger partial charge in [0.15, 0.2) is 5.82 Å². The molecule has 0 aliphatic heterocycles. The summed E-state index contributed by atoms with van der Waals surface area (Å²) in [5.41, 5.74) is 5.24. The molecule has 0 amide bonds. The third kappa shape index (κ3) is 1.23. The van der Waals surface area contributed by atoms with Gasteiger partial charge in [-0.25, -0.2) is 0 Å². The first kappa shape index (κ1) is 6.15. The summed E-state index contributed by atoms with van der Waals surface area (Å²) < 4.78 is 0. The van der Waals surface area contributed by atoms with Crippen LogP contribution in [0, 0.1) is 0 Å². The van der Waals surface area contributed by atoms with E-state index < -0.39 is 0 Å². The fourth-order valence-corrected chi connectivity index (χ4v) is 0.492. The fraction of sp³-hybridized carbons (Fsp3) is 0.750. The van der Waals surface area contributed by atoms with E-state index >= 15 is 0 Å². The van der Waals surface area contributed by atoms with Crippen molar-refractivity contribution in [2.75, 3.05) is 0 Å². The van der Waals surface area contributed by atoms with Gasteiger partial charge in [-0.3, -0.25) is 0 Å². The molecular weight excluding hydrogens is 118 g/mol. The molecule has 5 nitrogen and oxygen atoms in total. The van der Waals surface area contributed by atoms with Crippen molar-refractivity contribution in [3.63, 3.8) is 0 Å². The van der Waals surface area contributed by atoms with E-state index in [1.165, 1.54) is 4.80 Å². The number of nitrogens with zero attached hydrogens (tertiary/aromatic N) is 4. The molecule has 0 radical (unpaired) electrons. The topological polar surface area (TPSA) is 69.6 Å². The lowest BCUT2D eigenvalue weighted by molar-refractivity contribution is 0.550. The predicted octanol–water partition coefficient (Wildman–Crippen LogP) is -0.848. The molecule has 1 rings (SSSR count). The highest BCUT2D eigenvalue weighted by Gasteiger charge is 1.95. The second kappa shape index (κ2) is 2.54. The Morgan fingerprint density at radius 2 is 2.44 bits per heavy atom. The summed E-state index contributed by atoms with van der Waals surface area (Å²) in [6.07, 6.45) is 0. The summed E-state index contributed by atoms with van der Waals surface area (Å²) in [6.45, 7) is 3.05. The Morgan fingerprint density at radius 1 is 1.67 bits per heavy atom. The minimum atomic E-state index is 0.361. The second-order valence-corrected chi connectivity index (χ2v) is 1.60. The SMILES string of the molecule is CCn1nnc(CN)n1. The van der Waals surface area contributed by atoms with Gasteiger partial charge in [-0.1, -0.05) is 0 Å². The van der Waals surface area contributed by atoms with Crippen LogP contribution in [0.1, 0.15) is 12.7 Å². The smallest absolute Gasteiger partial charge is 0.188 e. The molecule has 0 bridgehead atoms. The molecule has 1 aromatic heterocycles. The number of hydrogen-bond acceptors (Lipinski definition) is 4. The molecule has 0 saturated heterocycles. The zero-order valence-corrected chi connectivity index (χ0v) is 5.28. The third-order valence-electron chi connectivity index (χ3n) is 0.960. The Bertz CT molecular complexity index is 162. The summed E-state index contributed by atoms with van der Waals surface area (Å²) in [5, 5.41) is 11.3. The van der Waals surface area contributed by atoms with Crippen LogP contribution in [0.3, 0.4) is 0 Å². The van der Waals surface area contributed by atoms with Crippen molar-refractivity contribution in [1.82, 2.24) is 20.2 Å². The minimum absolute atomic E-state index is 0.361. The van der Waals surface area contributed by atoms with Crippen LogP contribution in [-0.2, 0) is 13.1 Å². The van der Waals surface area contributed by atoms with E-state index in [9.17, 15) is 0 Å². The number of rotatable bonds is 2. The Kier molecular flexibility index (Phi) is 1.74. The van der Waals surface area contributed by atoms with Crippen LogP contribution < -0.4 is 5.73 Å². The average Bonchev–Trinajstić information content (AvgIpc) is 2.34. The molecule has 2 N–H and O–H groups in total. The summed E-state index contributed by atoms with van der Waals surface area (Å²) in [7, 11) is 0. The normalized spacial score (nSPS) is 10.0. The van der Waals surface area contributed by atoms with Crippen LogP contribution in [0.5, 0.6) is 0 Å². The molecule has 0 saturated carbocycles. The Balaban J connectivity index is 2.74. The van der Waals surface area contributed by atoms with Gasteiger partial charge in [-0.05, 0) is 12.1 Å². The largest absolute Gasteiger partial charge is 0.324 e. The number of nitrogens with two attached hydrogens (primary N) is 1. The highest BCUT2D eigenvalue weighted by atomic mass is 15.6. The third-order valence-corrected chi connectivity index (χ3v) is 0.960. The average molecular weight is 127 g/mol. The molecule has 0 fully saturated rings. The Morgan fingerprint density at radius 3 is 2.78 bits per heavy atom. The van der Waals surface area contributed by atoms with E-state index in [0.717, 1.165) is 6.54 Å². The van der Waals surface area contributed by atoms with Gasteiger partial charge in [0.25, 0.3) is 0 Å². The van der Waals surface area contributed by atoms with Crippen LogP contribution in [0.4, 0.5) is 0 Å². The highest BCUT2D eigenvalue weighted by Crippen LogP contribution is 1.81. The molecule has 50 valence electrons. The van der Waals surface area contributed by atoms with E-state index in [1.54, 1.807) is 0 Å². The Hall–Kier alpha value is -0.970. The number of aryl methyl sites for hydroxylation is 1. The molecule has 1 heterocycles. The van der Waals surface area contributed by atoms with Gasteiger partial charge >= 0.3 is 0 Å². The lowest BCUT2D eigenvalue weighted by Crippen LogP contribution is -2.01. The molecule has 1 aromatic rings. The molecule has 5 heteroatoms. The first-order valence-corrected chi connectivity index (χ1v) is 2.83. The highest BCUT2D eigenvalue weighted by molar-refractivity contribution is 4.72. The van der Waals surface area contributed by atoms with Crippen molar-refractivity contribution < 1.29 is 0 Å². The second-order valence-electron chi connectivity index (χ2n) is 1.60. The van der Waals surface area contributed by atoms with Crippen molar-refractivity contribution in [1.29, 1.82) is 0 Å². The standard InChI is InChI=1S/C4H9N5/c1-2-9-7-4(3-5)6-8-9/h2-3,5H2,1H3. The molecule has 0 spiro atoms. The van der Waals surface area contributed by atoms with Gasteiger partial charge in [0.1, 0.15) is 0 Å². The Labute approximate surface area is 52.8 Å².